The first-order valence-corrected chi connectivity index (χ1v) is 8.47. The third-order valence-corrected chi connectivity index (χ3v) is 4.72. The number of aromatic nitrogens is 2. The van der Waals surface area contributed by atoms with Crippen molar-refractivity contribution in [2.45, 2.75) is 32.0 Å². The van der Waals surface area contributed by atoms with Gasteiger partial charge in [-0.05, 0) is 12.5 Å². The van der Waals surface area contributed by atoms with Crippen molar-refractivity contribution in [3.63, 3.8) is 0 Å². The van der Waals surface area contributed by atoms with Gasteiger partial charge in [-0.15, -0.1) is 0 Å². The van der Waals surface area contributed by atoms with E-state index in [-0.39, 0.29) is 11.9 Å². The van der Waals surface area contributed by atoms with Gasteiger partial charge < -0.3 is 19.0 Å². The normalized spacial score (nSPS) is 21.4. The van der Waals surface area contributed by atoms with E-state index in [9.17, 15) is 4.79 Å². The Morgan fingerprint density at radius 3 is 3.12 bits per heavy atom. The largest absolute Gasteiger partial charge is 0.459 e. The van der Waals surface area contributed by atoms with Crippen LogP contribution >= 0.6 is 0 Å². The van der Waals surface area contributed by atoms with Gasteiger partial charge in [0.2, 0.25) is 0 Å². The second-order valence-electron chi connectivity index (χ2n) is 6.37. The average Bonchev–Trinajstić information content (AvgIpc) is 3.24. The maximum atomic E-state index is 12.6. The van der Waals surface area contributed by atoms with Crippen molar-refractivity contribution >= 4 is 5.91 Å². The highest BCUT2D eigenvalue weighted by Gasteiger charge is 2.24. The van der Waals surface area contributed by atoms with Gasteiger partial charge in [-0.2, -0.15) is 0 Å². The molecule has 1 N–H and O–H groups in total. The highest BCUT2D eigenvalue weighted by molar-refractivity contribution is 5.93. The lowest BCUT2D eigenvalue weighted by Crippen LogP contribution is -2.41. The van der Waals surface area contributed by atoms with E-state index < -0.39 is 0 Å². The van der Waals surface area contributed by atoms with Crippen LogP contribution in [0.15, 0.2) is 29.1 Å². The summed E-state index contributed by atoms with van der Waals surface area (Å²) in [6.45, 7) is 4.75. The van der Waals surface area contributed by atoms with Crippen LogP contribution in [0.2, 0.25) is 0 Å². The fraction of sp³-hybridized carbons (Fsp3) is 0.529. The number of nitrogens with zero attached hydrogens (tertiary/aromatic N) is 3. The SMILES string of the molecule is O=C(NC1CCc2nccn2C1)c1occc1CN1CCOCC1. The molecular formula is C17H22N4O3. The Kier molecular flexibility index (Phi) is 4.36. The number of carbonyl (C=O) groups is 1. The summed E-state index contributed by atoms with van der Waals surface area (Å²) in [7, 11) is 0. The van der Waals surface area contributed by atoms with E-state index in [0.717, 1.165) is 63.6 Å². The van der Waals surface area contributed by atoms with Gasteiger partial charge in [0.25, 0.3) is 5.91 Å². The van der Waals surface area contributed by atoms with Crippen LogP contribution in [0.25, 0.3) is 0 Å². The van der Waals surface area contributed by atoms with Crippen LogP contribution in [-0.4, -0.2) is 52.7 Å². The number of fused-ring (bicyclic) bond motifs is 1. The number of aryl methyl sites for hydroxylation is 1. The summed E-state index contributed by atoms with van der Waals surface area (Å²) in [6.07, 6.45) is 7.16. The Hall–Kier alpha value is -2.12. The molecule has 0 radical (unpaired) electrons. The van der Waals surface area contributed by atoms with Crippen LogP contribution in [-0.2, 0) is 24.2 Å². The van der Waals surface area contributed by atoms with Gasteiger partial charge in [0.1, 0.15) is 5.82 Å². The molecule has 2 aliphatic heterocycles. The predicted molar refractivity (Wildman–Crippen MR) is 86.6 cm³/mol. The Labute approximate surface area is 140 Å². The minimum atomic E-state index is -0.128. The third-order valence-electron chi connectivity index (χ3n) is 4.72. The molecule has 7 nitrogen and oxygen atoms in total. The highest BCUT2D eigenvalue weighted by atomic mass is 16.5. The van der Waals surface area contributed by atoms with Crippen LogP contribution < -0.4 is 5.32 Å². The molecule has 7 heteroatoms. The molecule has 24 heavy (non-hydrogen) atoms. The minimum Gasteiger partial charge on any atom is -0.459 e. The van der Waals surface area contributed by atoms with Crippen LogP contribution in [0.3, 0.4) is 0 Å². The van der Waals surface area contributed by atoms with E-state index in [4.69, 9.17) is 9.15 Å². The maximum absolute atomic E-state index is 12.6. The van der Waals surface area contributed by atoms with E-state index in [1.165, 1.54) is 0 Å². The van der Waals surface area contributed by atoms with Gasteiger partial charge in [0.15, 0.2) is 5.76 Å². The Morgan fingerprint density at radius 2 is 2.25 bits per heavy atom. The molecule has 0 saturated carbocycles. The van der Waals surface area contributed by atoms with Crippen LogP contribution in [0.5, 0.6) is 0 Å². The number of imidazole rings is 1. The predicted octanol–water partition coefficient (Wildman–Crippen LogP) is 1.05. The van der Waals surface area contributed by atoms with Crippen molar-refractivity contribution in [1.29, 1.82) is 0 Å². The molecule has 1 atom stereocenters. The number of morpholine rings is 1. The van der Waals surface area contributed by atoms with Gasteiger partial charge in [0.05, 0.1) is 19.5 Å². The topological polar surface area (TPSA) is 72.5 Å². The van der Waals surface area contributed by atoms with Crippen molar-refractivity contribution in [3.8, 4) is 0 Å². The van der Waals surface area contributed by atoms with Crippen molar-refractivity contribution in [2.75, 3.05) is 26.3 Å². The first-order valence-electron chi connectivity index (χ1n) is 8.47. The number of hydrogen-bond acceptors (Lipinski definition) is 5. The molecule has 1 saturated heterocycles. The molecule has 0 aromatic carbocycles. The first kappa shape index (κ1) is 15.4. The lowest BCUT2D eigenvalue weighted by Gasteiger charge is -2.27. The van der Waals surface area contributed by atoms with Crippen LogP contribution in [0, 0.1) is 0 Å². The molecule has 4 heterocycles. The minimum absolute atomic E-state index is 0.112. The lowest BCUT2D eigenvalue weighted by molar-refractivity contribution is 0.0339. The molecule has 4 rings (SSSR count). The quantitative estimate of drug-likeness (QED) is 0.907. The first-order chi connectivity index (χ1) is 11.8. The molecule has 2 aromatic heterocycles. The molecule has 1 fully saturated rings. The number of nitrogens with one attached hydrogen (secondary N) is 1. The van der Waals surface area contributed by atoms with Crippen molar-refractivity contribution in [1.82, 2.24) is 19.8 Å². The molecule has 1 unspecified atom stereocenters. The number of furan rings is 1. The van der Waals surface area contributed by atoms with E-state index in [1.54, 1.807) is 6.26 Å². The van der Waals surface area contributed by atoms with E-state index in [1.807, 2.05) is 18.5 Å². The molecule has 2 aromatic rings. The van der Waals surface area contributed by atoms with E-state index in [0.29, 0.717) is 5.76 Å². The second kappa shape index (κ2) is 6.78. The van der Waals surface area contributed by atoms with Gasteiger partial charge in [-0.3, -0.25) is 9.69 Å². The maximum Gasteiger partial charge on any atom is 0.287 e. The van der Waals surface area contributed by atoms with E-state index >= 15 is 0 Å². The van der Waals surface area contributed by atoms with Gasteiger partial charge in [0, 0.05) is 56.6 Å². The van der Waals surface area contributed by atoms with Crippen LogP contribution in [0.4, 0.5) is 0 Å². The Balaban J connectivity index is 1.39. The molecule has 128 valence electrons. The van der Waals surface area contributed by atoms with Crippen LogP contribution in [0.1, 0.15) is 28.4 Å². The standard InChI is InChI=1S/C17H22N4O3/c22-17(19-14-1-2-15-18-4-5-21(15)12-14)16-13(3-8-24-16)11-20-6-9-23-10-7-20/h3-5,8,14H,1-2,6-7,9-12H2,(H,19,22). The summed E-state index contributed by atoms with van der Waals surface area (Å²) in [6, 6.07) is 2.00. The highest BCUT2D eigenvalue weighted by Crippen LogP contribution is 2.17. The fourth-order valence-electron chi connectivity index (χ4n) is 3.39. The summed E-state index contributed by atoms with van der Waals surface area (Å²) >= 11 is 0. The zero-order valence-electron chi connectivity index (χ0n) is 13.6. The molecule has 2 aliphatic rings. The molecule has 1 amide bonds. The van der Waals surface area contributed by atoms with Gasteiger partial charge in [-0.1, -0.05) is 0 Å². The average molecular weight is 330 g/mol. The number of ether oxygens (including phenoxy) is 1. The summed E-state index contributed by atoms with van der Waals surface area (Å²) < 4.78 is 12.9. The number of carbonyl (C=O) groups excluding carboxylic acids is 1. The van der Waals surface area contributed by atoms with Gasteiger partial charge >= 0.3 is 0 Å². The summed E-state index contributed by atoms with van der Waals surface area (Å²) in [5.41, 5.74) is 0.938. The van der Waals surface area contributed by atoms with Crippen molar-refractivity contribution in [2.24, 2.45) is 0 Å². The number of amides is 1. The lowest BCUT2D eigenvalue weighted by atomic mass is 10.1. The van der Waals surface area contributed by atoms with Crippen molar-refractivity contribution in [3.05, 3.63) is 41.9 Å². The fourth-order valence-corrected chi connectivity index (χ4v) is 3.39. The molecule has 0 aliphatic carbocycles. The zero-order chi connectivity index (χ0) is 16.4. The Morgan fingerprint density at radius 1 is 1.38 bits per heavy atom. The number of hydrogen-bond donors (Lipinski definition) is 1. The molecule has 0 bridgehead atoms. The number of rotatable bonds is 4. The smallest absolute Gasteiger partial charge is 0.287 e. The second-order valence-corrected chi connectivity index (χ2v) is 6.37. The van der Waals surface area contributed by atoms with E-state index in [2.05, 4.69) is 19.8 Å². The Bertz CT molecular complexity index is 702. The monoisotopic (exact) mass is 330 g/mol. The zero-order valence-corrected chi connectivity index (χ0v) is 13.6. The molecular weight excluding hydrogens is 308 g/mol. The third kappa shape index (κ3) is 3.22. The summed E-state index contributed by atoms with van der Waals surface area (Å²) in [5, 5.41) is 3.11. The summed E-state index contributed by atoms with van der Waals surface area (Å²) in [4.78, 5) is 19.2. The summed E-state index contributed by atoms with van der Waals surface area (Å²) in [5.74, 6) is 1.39. The van der Waals surface area contributed by atoms with Crippen molar-refractivity contribution < 1.29 is 13.9 Å². The van der Waals surface area contributed by atoms with Gasteiger partial charge in [-0.25, -0.2) is 4.98 Å². The molecule has 0 spiro atoms.